The maximum absolute atomic E-state index is 13.9. The third-order valence-corrected chi connectivity index (χ3v) is 4.35. The van der Waals surface area contributed by atoms with Gasteiger partial charge in [0.05, 0.1) is 23.6 Å². The summed E-state index contributed by atoms with van der Waals surface area (Å²) in [6.45, 7) is 5.96. The first-order valence-corrected chi connectivity index (χ1v) is 8.83. The van der Waals surface area contributed by atoms with Crippen molar-refractivity contribution in [1.82, 2.24) is 25.1 Å². The van der Waals surface area contributed by atoms with Crippen molar-refractivity contribution in [2.24, 2.45) is 0 Å². The number of para-hydroxylation sites is 1. The Morgan fingerprint density at radius 3 is 2.75 bits per heavy atom. The van der Waals surface area contributed by atoms with Gasteiger partial charge < -0.3 is 9.26 Å². The molecule has 2 aromatic carbocycles. The summed E-state index contributed by atoms with van der Waals surface area (Å²) in [6.07, 6.45) is 0. The highest BCUT2D eigenvalue weighted by Crippen LogP contribution is 2.30. The van der Waals surface area contributed by atoms with Crippen LogP contribution in [0.25, 0.3) is 28.7 Å². The van der Waals surface area contributed by atoms with E-state index >= 15 is 0 Å². The molecule has 0 atom stereocenters. The maximum atomic E-state index is 13.9. The summed E-state index contributed by atoms with van der Waals surface area (Å²) < 4.78 is 26.5. The molecule has 0 radical (unpaired) electrons. The molecule has 0 aliphatic carbocycles. The molecule has 0 saturated carbocycles. The molecule has 0 N–H and O–H groups in total. The van der Waals surface area contributed by atoms with Gasteiger partial charge in [-0.15, -0.1) is 5.10 Å². The van der Waals surface area contributed by atoms with Crippen molar-refractivity contribution in [2.75, 3.05) is 6.61 Å². The van der Waals surface area contributed by atoms with Crippen molar-refractivity contribution >= 4 is 0 Å². The number of ether oxygens (including phenoxy) is 1. The van der Waals surface area contributed by atoms with E-state index in [0.29, 0.717) is 40.8 Å². The van der Waals surface area contributed by atoms with E-state index in [9.17, 15) is 4.39 Å². The minimum Gasteiger partial charge on any atom is -0.493 e. The Balaban J connectivity index is 1.70. The van der Waals surface area contributed by atoms with E-state index in [1.165, 1.54) is 10.7 Å². The van der Waals surface area contributed by atoms with Crippen molar-refractivity contribution < 1.29 is 13.7 Å². The van der Waals surface area contributed by atoms with E-state index in [1.807, 2.05) is 38.1 Å². The lowest BCUT2D eigenvalue weighted by molar-refractivity contribution is 0.341. The van der Waals surface area contributed by atoms with Gasteiger partial charge in [0.2, 0.25) is 5.82 Å². The van der Waals surface area contributed by atoms with Crippen LogP contribution in [0, 0.1) is 19.7 Å². The highest BCUT2D eigenvalue weighted by Gasteiger charge is 2.20. The topological polar surface area (TPSA) is 78.9 Å². The van der Waals surface area contributed by atoms with Gasteiger partial charge in [-0.1, -0.05) is 28.6 Å². The van der Waals surface area contributed by atoms with E-state index in [4.69, 9.17) is 9.26 Å². The summed E-state index contributed by atoms with van der Waals surface area (Å²) in [7, 11) is 0. The SMILES string of the molecule is CCOc1ccccc1-c1noc(-c2nnn(-c3ccc(C)c(F)c3)c2C)n1. The monoisotopic (exact) mass is 379 g/mol. The third-order valence-electron chi connectivity index (χ3n) is 4.35. The first-order chi connectivity index (χ1) is 13.6. The minimum absolute atomic E-state index is 0.234. The predicted octanol–water partition coefficient (Wildman–Crippen LogP) is 4.14. The number of benzene rings is 2. The molecule has 142 valence electrons. The molecule has 7 nitrogen and oxygen atoms in total. The number of nitrogens with zero attached hydrogens (tertiary/aromatic N) is 5. The molecule has 0 unspecified atom stereocenters. The normalized spacial score (nSPS) is 11.0. The van der Waals surface area contributed by atoms with Gasteiger partial charge in [-0.2, -0.15) is 4.98 Å². The number of halogens is 1. The lowest BCUT2D eigenvalue weighted by atomic mass is 10.2. The van der Waals surface area contributed by atoms with Gasteiger partial charge in [0, 0.05) is 0 Å². The minimum atomic E-state index is -0.304. The number of rotatable bonds is 5. The standard InChI is InChI=1S/C20H18FN5O2/c1-4-27-17-8-6-5-7-15(17)19-22-20(28-24-19)18-13(3)26(25-23-18)14-10-9-12(2)16(21)11-14/h5-11H,4H2,1-3H3. The average Bonchev–Trinajstić information content (AvgIpc) is 3.31. The molecule has 2 heterocycles. The van der Waals surface area contributed by atoms with Gasteiger partial charge in [-0.05, 0) is 50.6 Å². The van der Waals surface area contributed by atoms with Crippen LogP contribution in [0.15, 0.2) is 47.0 Å². The smallest absolute Gasteiger partial charge is 0.280 e. The maximum Gasteiger partial charge on any atom is 0.280 e. The molecule has 4 aromatic rings. The summed E-state index contributed by atoms with van der Waals surface area (Å²) in [4.78, 5) is 4.45. The van der Waals surface area contributed by atoms with Crippen molar-refractivity contribution in [3.05, 3.63) is 59.5 Å². The van der Waals surface area contributed by atoms with Crippen molar-refractivity contribution in [3.63, 3.8) is 0 Å². The molecular formula is C20H18FN5O2. The quantitative estimate of drug-likeness (QED) is 0.519. The zero-order chi connectivity index (χ0) is 19.7. The Hall–Kier alpha value is -3.55. The number of hydrogen-bond donors (Lipinski definition) is 0. The fourth-order valence-corrected chi connectivity index (χ4v) is 2.85. The molecule has 0 spiro atoms. The van der Waals surface area contributed by atoms with Gasteiger partial charge in [0.1, 0.15) is 11.6 Å². The van der Waals surface area contributed by atoms with Gasteiger partial charge in [-0.25, -0.2) is 9.07 Å². The van der Waals surface area contributed by atoms with Crippen LogP contribution in [0.1, 0.15) is 18.2 Å². The van der Waals surface area contributed by atoms with Gasteiger partial charge in [0.15, 0.2) is 5.69 Å². The fourth-order valence-electron chi connectivity index (χ4n) is 2.85. The predicted molar refractivity (Wildman–Crippen MR) is 101 cm³/mol. The van der Waals surface area contributed by atoms with Gasteiger partial charge >= 0.3 is 0 Å². The molecule has 28 heavy (non-hydrogen) atoms. The van der Waals surface area contributed by atoms with Crippen LogP contribution >= 0.6 is 0 Å². The van der Waals surface area contributed by atoms with E-state index in [2.05, 4.69) is 20.5 Å². The second-order valence-corrected chi connectivity index (χ2v) is 6.22. The highest BCUT2D eigenvalue weighted by atomic mass is 19.1. The summed E-state index contributed by atoms with van der Waals surface area (Å²) in [6, 6.07) is 12.4. The zero-order valence-electron chi connectivity index (χ0n) is 15.7. The molecule has 4 rings (SSSR count). The Labute approximate surface area is 160 Å². The first kappa shape index (κ1) is 17.8. The lowest BCUT2D eigenvalue weighted by Gasteiger charge is -2.06. The number of aryl methyl sites for hydroxylation is 1. The molecule has 0 aliphatic rings. The van der Waals surface area contributed by atoms with Gasteiger partial charge in [0.25, 0.3) is 5.89 Å². The second kappa shape index (κ2) is 7.22. The number of hydrogen-bond acceptors (Lipinski definition) is 6. The summed E-state index contributed by atoms with van der Waals surface area (Å²) in [5.74, 6) is 1.00. The Morgan fingerprint density at radius 2 is 1.96 bits per heavy atom. The van der Waals surface area contributed by atoms with Crippen LogP contribution in [0.5, 0.6) is 5.75 Å². The second-order valence-electron chi connectivity index (χ2n) is 6.22. The molecule has 0 saturated heterocycles. The van der Waals surface area contributed by atoms with Gasteiger partial charge in [-0.3, -0.25) is 0 Å². The third kappa shape index (κ3) is 3.13. The first-order valence-electron chi connectivity index (χ1n) is 8.83. The molecule has 2 aromatic heterocycles. The van der Waals surface area contributed by atoms with Crippen LogP contribution in [-0.4, -0.2) is 31.7 Å². The molecule has 0 amide bonds. The summed E-state index contributed by atoms with van der Waals surface area (Å²) in [5, 5.41) is 12.3. The molecular weight excluding hydrogens is 361 g/mol. The molecule has 8 heteroatoms. The summed E-state index contributed by atoms with van der Waals surface area (Å²) >= 11 is 0. The largest absolute Gasteiger partial charge is 0.493 e. The van der Waals surface area contributed by atoms with E-state index in [0.717, 1.165) is 5.56 Å². The van der Waals surface area contributed by atoms with Crippen LogP contribution in [-0.2, 0) is 0 Å². The number of aromatic nitrogens is 5. The van der Waals surface area contributed by atoms with Crippen LogP contribution < -0.4 is 4.74 Å². The Bertz CT molecular complexity index is 1140. The van der Waals surface area contributed by atoms with Crippen molar-refractivity contribution in [3.8, 4) is 34.4 Å². The fraction of sp³-hybridized carbons (Fsp3) is 0.200. The highest BCUT2D eigenvalue weighted by molar-refractivity contribution is 5.65. The van der Waals surface area contributed by atoms with Crippen molar-refractivity contribution in [1.29, 1.82) is 0 Å². The molecule has 0 fully saturated rings. The Kier molecular flexibility index (Phi) is 4.60. The van der Waals surface area contributed by atoms with Crippen LogP contribution in [0.3, 0.4) is 0 Å². The van der Waals surface area contributed by atoms with Crippen LogP contribution in [0.4, 0.5) is 4.39 Å². The lowest BCUT2D eigenvalue weighted by Crippen LogP contribution is -2.00. The van der Waals surface area contributed by atoms with E-state index in [1.54, 1.807) is 19.1 Å². The van der Waals surface area contributed by atoms with E-state index < -0.39 is 0 Å². The zero-order valence-corrected chi connectivity index (χ0v) is 15.7. The van der Waals surface area contributed by atoms with Crippen molar-refractivity contribution in [2.45, 2.75) is 20.8 Å². The summed E-state index contributed by atoms with van der Waals surface area (Å²) in [5.41, 5.74) is 2.96. The molecule has 0 bridgehead atoms. The van der Waals surface area contributed by atoms with E-state index in [-0.39, 0.29) is 11.7 Å². The van der Waals surface area contributed by atoms with Crippen LogP contribution in [0.2, 0.25) is 0 Å². The average molecular weight is 379 g/mol. The molecule has 0 aliphatic heterocycles. The Morgan fingerprint density at radius 1 is 1.14 bits per heavy atom.